The summed E-state index contributed by atoms with van der Waals surface area (Å²) >= 11 is 0. The van der Waals surface area contributed by atoms with E-state index in [1.165, 1.54) is 9.80 Å². The minimum atomic E-state index is -1.71. The molecule has 0 unspecified atom stereocenters. The van der Waals surface area contributed by atoms with Crippen molar-refractivity contribution in [3.05, 3.63) is 65.2 Å². The molecule has 0 aliphatic carbocycles. The zero-order chi connectivity index (χ0) is 24.6. The number of carbonyl (C=O) groups excluding carboxylic acids is 3. The van der Waals surface area contributed by atoms with Gasteiger partial charge in [0.25, 0.3) is 17.6 Å². The van der Waals surface area contributed by atoms with Crippen molar-refractivity contribution in [3.63, 3.8) is 0 Å². The van der Waals surface area contributed by atoms with Gasteiger partial charge in [-0.3, -0.25) is 14.4 Å². The van der Waals surface area contributed by atoms with Gasteiger partial charge in [0.15, 0.2) is 5.54 Å². The van der Waals surface area contributed by atoms with E-state index in [4.69, 9.17) is 4.74 Å². The number of para-hydroxylation sites is 1. The smallest absolute Gasteiger partial charge is 0.296 e. The standard InChI is InChI=1S/C26H29N3O5/c1-5-34-18-13-11-17(12-14-18)22(30)21-23(31)24(32)29(16-8-15-27(2)3)26(21)19-9-6-7-10-20(19)28(4)25(26)33/h6-7,9-14,30H,5,8,15-16H2,1-4H3/t26-/m1/s1. The molecule has 0 bridgehead atoms. The molecule has 34 heavy (non-hydrogen) atoms. The number of ketones is 1. The lowest BCUT2D eigenvalue weighted by atomic mass is 9.82. The van der Waals surface area contributed by atoms with Gasteiger partial charge < -0.3 is 24.5 Å². The van der Waals surface area contributed by atoms with Gasteiger partial charge in [-0.15, -0.1) is 0 Å². The molecular formula is C26H29N3O5. The second-order valence-electron chi connectivity index (χ2n) is 8.72. The number of nitrogens with zero attached hydrogens (tertiary/aromatic N) is 3. The number of likely N-dealkylation sites (N-methyl/N-ethyl adjacent to an activating group) is 1. The van der Waals surface area contributed by atoms with Crippen LogP contribution >= 0.6 is 0 Å². The Morgan fingerprint density at radius 3 is 2.38 bits per heavy atom. The lowest BCUT2D eigenvalue weighted by Gasteiger charge is -2.34. The Balaban J connectivity index is 1.93. The minimum absolute atomic E-state index is 0.191. The lowest BCUT2D eigenvalue weighted by molar-refractivity contribution is -0.143. The van der Waals surface area contributed by atoms with Gasteiger partial charge in [0.2, 0.25) is 0 Å². The first-order chi connectivity index (χ1) is 16.2. The first-order valence-corrected chi connectivity index (χ1v) is 11.3. The van der Waals surface area contributed by atoms with Crippen LogP contribution in [0.2, 0.25) is 0 Å². The fourth-order valence-electron chi connectivity index (χ4n) is 4.84. The highest BCUT2D eigenvalue weighted by molar-refractivity contribution is 6.50. The molecule has 2 aromatic rings. The van der Waals surface area contributed by atoms with Crippen molar-refractivity contribution in [2.75, 3.05) is 45.7 Å². The maximum Gasteiger partial charge on any atom is 0.296 e. The van der Waals surface area contributed by atoms with E-state index >= 15 is 0 Å². The van der Waals surface area contributed by atoms with Crippen LogP contribution in [0.1, 0.15) is 24.5 Å². The summed E-state index contributed by atoms with van der Waals surface area (Å²) in [5.74, 6) is -1.86. The van der Waals surface area contributed by atoms with Crippen molar-refractivity contribution in [2.24, 2.45) is 0 Å². The molecule has 178 valence electrons. The number of hydrogen-bond acceptors (Lipinski definition) is 6. The molecule has 0 radical (unpaired) electrons. The zero-order valence-electron chi connectivity index (χ0n) is 19.9. The van der Waals surface area contributed by atoms with Crippen LogP contribution in [-0.4, -0.2) is 73.3 Å². The molecule has 2 amide bonds. The van der Waals surface area contributed by atoms with Crippen LogP contribution in [0.25, 0.3) is 5.76 Å². The maximum atomic E-state index is 13.9. The summed E-state index contributed by atoms with van der Waals surface area (Å²) in [4.78, 5) is 45.4. The van der Waals surface area contributed by atoms with Crippen molar-refractivity contribution in [1.29, 1.82) is 0 Å². The molecule has 8 heteroatoms. The van der Waals surface area contributed by atoms with Gasteiger partial charge in [0.1, 0.15) is 11.5 Å². The SMILES string of the molecule is CCOc1ccc(C(O)=C2C(=O)C(=O)N(CCCN(C)C)[C@@]23C(=O)N(C)c2ccccc23)cc1. The van der Waals surface area contributed by atoms with Gasteiger partial charge in [0.05, 0.1) is 12.2 Å². The number of amides is 2. The van der Waals surface area contributed by atoms with Gasteiger partial charge in [-0.05, 0) is 64.3 Å². The molecule has 0 aromatic heterocycles. The molecule has 1 saturated heterocycles. The fourth-order valence-corrected chi connectivity index (χ4v) is 4.84. The van der Waals surface area contributed by atoms with Crippen LogP contribution in [0.3, 0.4) is 0 Å². The number of Topliss-reactive ketones (excluding diaryl/α,β-unsaturated/α-hetero) is 1. The largest absolute Gasteiger partial charge is 0.507 e. The Morgan fingerprint density at radius 2 is 1.74 bits per heavy atom. The summed E-state index contributed by atoms with van der Waals surface area (Å²) in [5, 5.41) is 11.4. The first kappa shape index (κ1) is 23.5. The summed E-state index contributed by atoms with van der Waals surface area (Å²) in [6.45, 7) is 3.22. The normalized spacial score (nSPS) is 21.1. The van der Waals surface area contributed by atoms with Crippen molar-refractivity contribution in [2.45, 2.75) is 18.9 Å². The van der Waals surface area contributed by atoms with E-state index in [9.17, 15) is 19.5 Å². The third kappa shape index (κ3) is 3.45. The number of aliphatic hydroxyl groups excluding tert-OH is 1. The molecule has 2 aromatic carbocycles. The van der Waals surface area contributed by atoms with Gasteiger partial charge in [-0.1, -0.05) is 18.2 Å². The van der Waals surface area contributed by atoms with E-state index in [0.717, 1.165) is 0 Å². The van der Waals surface area contributed by atoms with Crippen LogP contribution < -0.4 is 9.64 Å². The zero-order valence-corrected chi connectivity index (χ0v) is 19.9. The molecule has 2 heterocycles. The number of rotatable bonds is 7. The van der Waals surface area contributed by atoms with Crippen LogP contribution in [0, 0.1) is 0 Å². The van der Waals surface area contributed by atoms with E-state index < -0.39 is 23.1 Å². The molecule has 1 atom stereocenters. The van der Waals surface area contributed by atoms with Gasteiger partial charge >= 0.3 is 0 Å². The number of anilines is 1. The Hall–Kier alpha value is -3.65. The molecule has 2 aliphatic rings. The molecular weight excluding hydrogens is 434 g/mol. The van der Waals surface area contributed by atoms with Crippen LogP contribution in [0.5, 0.6) is 5.75 Å². The first-order valence-electron chi connectivity index (χ1n) is 11.3. The Morgan fingerprint density at radius 1 is 1.06 bits per heavy atom. The Labute approximate surface area is 199 Å². The third-order valence-electron chi connectivity index (χ3n) is 6.37. The lowest BCUT2D eigenvalue weighted by Crippen LogP contribution is -2.51. The van der Waals surface area contributed by atoms with Crippen molar-refractivity contribution in [3.8, 4) is 5.75 Å². The Kier molecular flexibility index (Phi) is 6.18. The van der Waals surface area contributed by atoms with E-state index in [2.05, 4.69) is 0 Å². The summed E-state index contributed by atoms with van der Waals surface area (Å²) in [6.07, 6.45) is 0.560. The molecule has 8 nitrogen and oxygen atoms in total. The number of ether oxygens (including phenoxy) is 1. The predicted octanol–water partition coefficient (Wildman–Crippen LogP) is 2.59. The number of fused-ring (bicyclic) bond motifs is 2. The molecule has 4 rings (SSSR count). The molecule has 0 saturated carbocycles. The number of aliphatic hydroxyl groups is 1. The number of benzene rings is 2. The van der Waals surface area contributed by atoms with Gasteiger partial charge in [0, 0.05) is 30.4 Å². The number of likely N-dealkylation sites (tertiary alicyclic amines) is 1. The van der Waals surface area contributed by atoms with Crippen molar-refractivity contribution < 1.29 is 24.2 Å². The summed E-state index contributed by atoms with van der Waals surface area (Å²) < 4.78 is 5.46. The van der Waals surface area contributed by atoms with Crippen LogP contribution in [0.15, 0.2) is 54.1 Å². The fraction of sp³-hybridized carbons (Fsp3) is 0.346. The molecule has 1 fully saturated rings. The van der Waals surface area contributed by atoms with E-state index in [1.54, 1.807) is 55.6 Å². The number of hydrogen-bond donors (Lipinski definition) is 1. The summed E-state index contributed by atoms with van der Waals surface area (Å²) in [7, 11) is 5.45. The summed E-state index contributed by atoms with van der Waals surface area (Å²) in [6, 6.07) is 13.7. The second kappa shape index (κ2) is 8.95. The highest BCUT2D eigenvalue weighted by Crippen LogP contribution is 2.53. The van der Waals surface area contributed by atoms with E-state index in [1.807, 2.05) is 25.9 Å². The highest BCUT2D eigenvalue weighted by atomic mass is 16.5. The van der Waals surface area contributed by atoms with E-state index in [0.29, 0.717) is 42.1 Å². The number of carbonyl (C=O) groups is 3. The van der Waals surface area contributed by atoms with Crippen molar-refractivity contribution in [1.82, 2.24) is 9.80 Å². The van der Waals surface area contributed by atoms with Crippen LogP contribution in [-0.2, 0) is 19.9 Å². The average molecular weight is 464 g/mol. The van der Waals surface area contributed by atoms with Gasteiger partial charge in [-0.2, -0.15) is 0 Å². The maximum absolute atomic E-state index is 13.9. The summed E-state index contributed by atoms with van der Waals surface area (Å²) in [5.41, 5.74) is -0.472. The quantitative estimate of drug-likeness (QED) is 0.386. The highest BCUT2D eigenvalue weighted by Gasteiger charge is 2.66. The van der Waals surface area contributed by atoms with Gasteiger partial charge in [-0.25, -0.2) is 0 Å². The molecule has 1 N–H and O–H groups in total. The minimum Gasteiger partial charge on any atom is -0.507 e. The molecule has 2 aliphatic heterocycles. The van der Waals surface area contributed by atoms with Crippen LogP contribution in [0.4, 0.5) is 5.69 Å². The average Bonchev–Trinajstić information content (AvgIpc) is 3.18. The topological polar surface area (TPSA) is 90.4 Å². The van der Waals surface area contributed by atoms with E-state index in [-0.39, 0.29) is 17.9 Å². The molecule has 1 spiro atoms. The second-order valence-corrected chi connectivity index (χ2v) is 8.72. The van der Waals surface area contributed by atoms with Crippen molar-refractivity contribution >= 4 is 29.0 Å². The third-order valence-corrected chi connectivity index (χ3v) is 6.37. The Bertz CT molecular complexity index is 1170. The predicted molar refractivity (Wildman–Crippen MR) is 129 cm³/mol. The monoisotopic (exact) mass is 463 g/mol.